The van der Waals surface area contributed by atoms with Gasteiger partial charge in [-0.3, -0.25) is 0 Å². The van der Waals surface area contributed by atoms with Crippen LogP contribution < -0.4 is 0 Å². The van der Waals surface area contributed by atoms with Crippen LogP contribution in [0, 0.1) is 3.57 Å². The molecule has 0 saturated carbocycles. The van der Waals surface area contributed by atoms with Gasteiger partial charge in [0.2, 0.25) is 6.08 Å². The Kier molecular flexibility index (Phi) is 4.26. The Balaban J connectivity index is 3.45. The number of carbonyl (C=O) groups excluding carboxylic acids is 2. The molecule has 78 valence electrons. The lowest BCUT2D eigenvalue weighted by Gasteiger charge is -2.05. The first-order valence-corrected chi connectivity index (χ1v) is 5.21. The van der Waals surface area contributed by atoms with Crippen LogP contribution in [0.3, 0.4) is 0 Å². The van der Waals surface area contributed by atoms with Gasteiger partial charge >= 0.3 is 5.97 Å². The molecule has 0 aliphatic heterocycles. The average molecular weight is 338 g/mol. The molecule has 1 aromatic carbocycles. The normalized spacial score (nSPS) is 9.27. The Labute approximate surface area is 104 Å². The molecular formula is C9H5ClINO3. The number of aliphatic imine (C=N–C) groups is 1. The van der Waals surface area contributed by atoms with Gasteiger partial charge in [0.05, 0.1) is 12.7 Å². The number of halogens is 2. The first-order valence-electron chi connectivity index (χ1n) is 3.75. The summed E-state index contributed by atoms with van der Waals surface area (Å²) in [5.74, 6) is -0.593. The molecule has 0 spiro atoms. The number of benzene rings is 1. The quantitative estimate of drug-likeness (QED) is 0.361. The van der Waals surface area contributed by atoms with E-state index < -0.39 is 5.97 Å². The third-order valence-corrected chi connectivity index (χ3v) is 2.63. The van der Waals surface area contributed by atoms with Crippen molar-refractivity contribution in [2.45, 2.75) is 0 Å². The molecule has 6 heteroatoms. The third kappa shape index (κ3) is 2.77. The predicted molar refractivity (Wildman–Crippen MR) is 63.3 cm³/mol. The highest BCUT2D eigenvalue weighted by atomic mass is 127. The van der Waals surface area contributed by atoms with Crippen molar-refractivity contribution in [3.05, 3.63) is 26.3 Å². The summed E-state index contributed by atoms with van der Waals surface area (Å²) in [6.45, 7) is 0. The van der Waals surface area contributed by atoms with Crippen LogP contribution in [0.25, 0.3) is 0 Å². The topological polar surface area (TPSA) is 55.7 Å². The summed E-state index contributed by atoms with van der Waals surface area (Å²) < 4.78 is 5.13. The van der Waals surface area contributed by atoms with E-state index in [0.717, 1.165) is 0 Å². The van der Waals surface area contributed by atoms with Crippen molar-refractivity contribution in [2.75, 3.05) is 7.11 Å². The maximum atomic E-state index is 11.3. The summed E-state index contributed by atoms with van der Waals surface area (Å²) in [6, 6.07) is 2.98. The SMILES string of the molecule is COC(=O)c1cc(Cl)cc(I)c1N=C=O. The van der Waals surface area contributed by atoms with E-state index in [1.54, 1.807) is 6.07 Å². The molecule has 0 aliphatic carbocycles. The van der Waals surface area contributed by atoms with Crippen LogP contribution in [0.2, 0.25) is 5.02 Å². The monoisotopic (exact) mass is 337 g/mol. The minimum atomic E-state index is -0.593. The fourth-order valence-electron chi connectivity index (χ4n) is 0.991. The van der Waals surface area contributed by atoms with Gasteiger partial charge in [0.25, 0.3) is 0 Å². The summed E-state index contributed by atoms with van der Waals surface area (Å²) in [5.41, 5.74) is 0.375. The number of ether oxygens (including phenoxy) is 1. The lowest BCUT2D eigenvalue weighted by Crippen LogP contribution is -2.02. The minimum absolute atomic E-state index is 0.151. The van der Waals surface area contributed by atoms with Crippen LogP contribution >= 0.6 is 34.2 Å². The van der Waals surface area contributed by atoms with Gasteiger partial charge in [0, 0.05) is 8.59 Å². The van der Waals surface area contributed by atoms with E-state index in [2.05, 4.69) is 9.73 Å². The molecule has 15 heavy (non-hydrogen) atoms. The standard InChI is InChI=1S/C9H5ClINO3/c1-15-9(14)6-2-5(10)3-7(11)8(6)12-4-13/h2-3H,1H3. The molecule has 1 rings (SSSR count). The van der Waals surface area contributed by atoms with E-state index in [1.807, 2.05) is 22.6 Å². The lowest BCUT2D eigenvalue weighted by atomic mass is 10.2. The van der Waals surface area contributed by atoms with Gasteiger partial charge in [-0.25, -0.2) is 9.59 Å². The second-order valence-corrected chi connectivity index (χ2v) is 4.08. The lowest BCUT2D eigenvalue weighted by molar-refractivity contribution is 0.0601. The highest BCUT2D eigenvalue weighted by Gasteiger charge is 2.15. The first-order chi connectivity index (χ1) is 7.10. The number of carbonyl (C=O) groups is 1. The first kappa shape index (κ1) is 12.2. The second kappa shape index (κ2) is 5.25. The summed E-state index contributed by atoms with van der Waals surface area (Å²) in [5, 5.41) is 0.379. The minimum Gasteiger partial charge on any atom is -0.465 e. The average Bonchev–Trinajstić information content (AvgIpc) is 2.20. The molecule has 1 aromatic rings. The number of rotatable bonds is 2. The Hall–Kier alpha value is -0.910. The molecule has 0 saturated heterocycles. The second-order valence-electron chi connectivity index (χ2n) is 2.48. The fraction of sp³-hybridized carbons (Fsp3) is 0.111. The molecule has 4 nitrogen and oxygen atoms in total. The summed E-state index contributed by atoms with van der Waals surface area (Å²) >= 11 is 7.69. The number of methoxy groups -OCH3 is 1. The Morgan fingerprint density at radius 2 is 2.27 bits per heavy atom. The summed E-state index contributed by atoms with van der Waals surface area (Å²) in [6.07, 6.45) is 1.38. The summed E-state index contributed by atoms with van der Waals surface area (Å²) in [7, 11) is 1.24. The Morgan fingerprint density at radius 3 is 2.80 bits per heavy atom. The number of isocyanates is 1. The molecule has 0 aromatic heterocycles. The van der Waals surface area contributed by atoms with Crippen molar-refractivity contribution in [3.8, 4) is 0 Å². The van der Waals surface area contributed by atoms with E-state index >= 15 is 0 Å². The van der Waals surface area contributed by atoms with Gasteiger partial charge in [-0.2, -0.15) is 4.99 Å². The van der Waals surface area contributed by atoms with Crippen LogP contribution in [0.4, 0.5) is 5.69 Å². The van der Waals surface area contributed by atoms with Gasteiger partial charge in [-0.05, 0) is 34.7 Å². The molecule has 0 heterocycles. The molecule has 0 radical (unpaired) electrons. The molecule has 0 unspecified atom stereocenters. The van der Waals surface area contributed by atoms with E-state index in [9.17, 15) is 9.59 Å². The number of nitrogens with zero attached hydrogens (tertiary/aromatic N) is 1. The van der Waals surface area contributed by atoms with Crippen molar-refractivity contribution in [1.82, 2.24) is 0 Å². The van der Waals surface area contributed by atoms with Gasteiger partial charge in [0.15, 0.2) is 0 Å². The predicted octanol–water partition coefficient (Wildman–Crippen LogP) is 2.70. The Bertz CT molecular complexity index is 455. The van der Waals surface area contributed by atoms with E-state index in [1.165, 1.54) is 19.3 Å². The van der Waals surface area contributed by atoms with Crippen molar-refractivity contribution in [3.63, 3.8) is 0 Å². The molecule has 0 aliphatic rings. The molecule has 0 N–H and O–H groups in total. The number of hydrogen-bond donors (Lipinski definition) is 0. The van der Waals surface area contributed by atoms with E-state index in [4.69, 9.17) is 11.6 Å². The maximum Gasteiger partial charge on any atom is 0.340 e. The zero-order chi connectivity index (χ0) is 11.4. The third-order valence-electron chi connectivity index (χ3n) is 1.59. The van der Waals surface area contributed by atoms with Crippen LogP contribution in [0.1, 0.15) is 10.4 Å². The highest BCUT2D eigenvalue weighted by Crippen LogP contribution is 2.30. The molecule has 0 atom stereocenters. The van der Waals surface area contributed by atoms with E-state index in [0.29, 0.717) is 8.59 Å². The zero-order valence-electron chi connectivity index (χ0n) is 7.58. The fourth-order valence-corrected chi connectivity index (χ4v) is 2.14. The Morgan fingerprint density at radius 1 is 1.60 bits per heavy atom. The van der Waals surface area contributed by atoms with Crippen molar-refractivity contribution in [1.29, 1.82) is 0 Å². The van der Waals surface area contributed by atoms with Crippen LogP contribution in [0.5, 0.6) is 0 Å². The van der Waals surface area contributed by atoms with Gasteiger partial charge < -0.3 is 4.74 Å². The van der Waals surface area contributed by atoms with Crippen LogP contribution in [-0.2, 0) is 9.53 Å². The van der Waals surface area contributed by atoms with Crippen molar-refractivity contribution in [2.24, 2.45) is 4.99 Å². The molecule has 0 fully saturated rings. The van der Waals surface area contributed by atoms with Crippen LogP contribution in [0.15, 0.2) is 17.1 Å². The van der Waals surface area contributed by atoms with Crippen molar-refractivity contribution >= 4 is 51.9 Å². The van der Waals surface area contributed by atoms with E-state index in [-0.39, 0.29) is 11.3 Å². The van der Waals surface area contributed by atoms with Crippen molar-refractivity contribution < 1.29 is 14.3 Å². The number of hydrogen-bond acceptors (Lipinski definition) is 4. The maximum absolute atomic E-state index is 11.3. The smallest absolute Gasteiger partial charge is 0.340 e. The molecule has 0 amide bonds. The molecular weight excluding hydrogens is 332 g/mol. The van der Waals surface area contributed by atoms with Gasteiger partial charge in [0.1, 0.15) is 5.69 Å². The van der Waals surface area contributed by atoms with Gasteiger partial charge in [-0.15, -0.1) is 0 Å². The highest BCUT2D eigenvalue weighted by molar-refractivity contribution is 14.1. The molecule has 0 bridgehead atoms. The zero-order valence-corrected chi connectivity index (χ0v) is 10.5. The van der Waals surface area contributed by atoms with Crippen LogP contribution in [-0.4, -0.2) is 19.2 Å². The number of esters is 1. The van der Waals surface area contributed by atoms with Gasteiger partial charge in [-0.1, -0.05) is 11.6 Å². The summed E-state index contributed by atoms with van der Waals surface area (Å²) in [4.78, 5) is 25.0. The largest absolute Gasteiger partial charge is 0.465 e.